The Balaban J connectivity index is 1.39. The maximum absolute atomic E-state index is 14.8. The van der Waals surface area contributed by atoms with Crippen LogP contribution >= 0.6 is 11.3 Å². The van der Waals surface area contributed by atoms with E-state index in [1.807, 2.05) is 4.72 Å². The van der Waals surface area contributed by atoms with E-state index >= 15 is 0 Å². The van der Waals surface area contributed by atoms with Crippen LogP contribution in [0, 0.1) is 12.7 Å². The molecule has 0 spiro atoms. The van der Waals surface area contributed by atoms with Gasteiger partial charge in [-0.15, -0.1) is 11.3 Å². The molecule has 1 aliphatic carbocycles. The predicted molar refractivity (Wildman–Crippen MR) is 178 cm³/mol. The van der Waals surface area contributed by atoms with Gasteiger partial charge in [0.05, 0.1) is 46.1 Å². The zero-order chi connectivity index (χ0) is 36.4. The summed E-state index contributed by atoms with van der Waals surface area (Å²) >= 11 is 0.995. The van der Waals surface area contributed by atoms with E-state index in [1.54, 1.807) is 6.92 Å². The standard InChI is InChI=1S/C33H35F3N4O9S2/c1-16-25-29(42)40(17(2)27(41)38-51(44,45)33(3)8-9-33)32(43)39(30(25)50-26(16)28-37-10-11-46-28)15-24(48-21-13-19-5-6-20(14-21)47-19)22-12-18(34)4-7-23(22)49-31(35)36/h4,7,10-12,17,19-21,24,31H,5-6,8-9,13-15H2,1-3H3,(H,38,41)/t17-,19+,20+,24-/m0/s1. The zero-order valence-electron chi connectivity index (χ0n) is 27.8. The van der Waals surface area contributed by atoms with Crippen molar-refractivity contribution in [2.45, 2.75) is 108 Å². The van der Waals surface area contributed by atoms with Gasteiger partial charge in [-0.3, -0.25) is 18.9 Å². The second-order valence-corrected chi connectivity index (χ2v) is 16.7. The number of nitrogens with zero attached hydrogens (tertiary/aromatic N) is 3. The van der Waals surface area contributed by atoms with Crippen LogP contribution in [0.1, 0.15) is 75.6 Å². The van der Waals surface area contributed by atoms with Gasteiger partial charge in [-0.25, -0.2) is 27.2 Å². The lowest BCUT2D eigenvalue weighted by atomic mass is 10.0. The van der Waals surface area contributed by atoms with Gasteiger partial charge in [0.2, 0.25) is 15.9 Å². The van der Waals surface area contributed by atoms with E-state index in [0.29, 0.717) is 40.7 Å². The summed E-state index contributed by atoms with van der Waals surface area (Å²) in [5.74, 6) is -2.10. The van der Waals surface area contributed by atoms with Crippen molar-refractivity contribution in [3.63, 3.8) is 0 Å². The number of benzene rings is 1. The van der Waals surface area contributed by atoms with Crippen molar-refractivity contribution in [2.75, 3.05) is 0 Å². The molecule has 51 heavy (non-hydrogen) atoms. The summed E-state index contributed by atoms with van der Waals surface area (Å²) in [5.41, 5.74) is -1.63. The van der Waals surface area contributed by atoms with Crippen molar-refractivity contribution in [1.82, 2.24) is 18.8 Å². The van der Waals surface area contributed by atoms with Crippen molar-refractivity contribution in [3.05, 3.63) is 68.4 Å². The van der Waals surface area contributed by atoms with Gasteiger partial charge in [0.25, 0.3) is 11.5 Å². The van der Waals surface area contributed by atoms with Crippen molar-refractivity contribution >= 4 is 37.5 Å². The van der Waals surface area contributed by atoms with Crippen LogP contribution in [0.15, 0.2) is 44.7 Å². The summed E-state index contributed by atoms with van der Waals surface area (Å²) in [6, 6.07) is 1.38. The van der Waals surface area contributed by atoms with E-state index in [9.17, 15) is 36.0 Å². The Kier molecular flexibility index (Phi) is 9.16. The Hall–Kier alpha value is -4.00. The summed E-state index contributed by atoms with van der Waals surface area (Å²) in [6.07, 6.45) is 4.04. The molecule has 3 aromatic heterocycles. The normalized spacial score (nSPS) is 22.3. The fourth-order valence-electron chi connectivity index (χ4n) is 6.82. The highest BCUT2D eigenvalue weighted by molar-refractivity contribution is 7.91. The highest BCUT2D eigenvalue weighted by atomic mass is 32.2. The van der Waals surface area contributed by atoms with Crippen molar-refractivity contribution in [3.8, 4) is 16.5 Å². The molecule has 7 rings (SSSR count). The summed E-state index contributed by atoms with van der Waals surface area (Å²) in [6.45, 7) is 0.612. The minimum Gasteiger partial charge on any atom is -0.444 e. The monoisotopic (exact) mass is 752 g/mol. The van der Waals surface area contributed by atoms with Crippen LogP contribution in [0.5, 0.6) is 5.75 Å². The van der Waals surface area contributed by atoms with Crippen molar-refractivity contribution in [2.24, 2.45) is 0 Å². The number of rotatable bonds is 12. The number of amides is 1. The molecule has 13 nitrogen and oxygen atoms in total. The minimum absolute atomic E-state index is 0.00983. The molecule has 5 heterocycles. The van der Waals surface area contributed by atoms with Gasteiger partial charge in [-0.05, 0) is 83.1 Å². The molecule has 0 unspecified atom stereocenters. The van der Waals surface area contributed by atoms with Crippen LogP contribution in [0.2, 0.25) is 0 Å². The van der Waals surface area contributed by atoms with Gasteiger partial charge in [-0.1, -0.05) is 0 Å². The Morgan fingerprint density at radius 1 is 1.20 bits per heavy atom. The number of hydrogen-bond acceptors (Lipinski definition) is 11. The van der Waals surface area contributed by atoms with E-state index in [-0.39, 0.29) is 39.6 Å². The number of carbonyl (C=O) groups excluding carboxylic acids is 1. The smallest absolute Gasteiger partial charge is 0.387 e. The average Bonchev–Trinajstić information content (AvgIpc) is 3.36. The molecule has 4 atom stereocenters. The highest BCUT2D eigenvalue weighted by Crippen LogP contribution is 2.43. The number of aryl methyl sites for hydroxylation is 1. The summed E-state index contributed by atoms with van der Waals surface area (Å²) in [4.78, 5) is 46.8. The van der Waals surface area contributed by atoms with Gasteiger partial charge in [0, 0.05) is 5.56 Å². The Morgan fingerprint density at radius 2 is 1.90 bits per heavy atom. The molecule has 3 aliphatic rings. The SMILES string of the molecule is Cc1c(-c2ncco2)sc2c1c(=O)n([C@@H](C)C(=O)NS(=O)(=O)C1(C)CC1)c(=O)n2C[C@H](OC1C[C@H]2CC[C@H](C1)O2)c1cc(F)ccc1OC(F)F. The molecule has 1 saturated carbocycles. The number of oxazole rings is 1. The highest BCUT2D eigenvalue weighted by Gasteiger charge is 2.51. The molecular formula is C33H35F3N4O9S2. The Morgan fingerprint density at radius 3 is 2.53 bits per heavy atom. The molecule has 2 bridgehead atoms. The first-order valence-electron chi connectivity index (χ1n) is 16.5. The van der Waals surface area contributed by atoms with Crippen LogP contribution in [-0.2, 0) is 30.8 Å². The van der Waals surface area contributed by atoms with Gasteiger partial charge in [0.1, 0.15) is 34.8 Å². The predicted octanol–water partition coefficient (Wildman–Crippen LogP) is 4.96. The zero-order valence-corrected chi connectivity index (χ0v) is 29.4. The van der Waals surface area contributed by atoms with E-state index in [1.165, 1.54) is 26.3 Å². The van der Waals surface area contributed by atoms with Gasteiger partial charge >= 0.3 is 12.3 Å². The number of sulfonamides is 1. The number of carbonyl (C=O) groups is 1. The fraction of sp³-hybridized carbons (Fsp3) is 0.515. The molecule has 1 N–H and O–H groups in total. The number of halogens is 3. The van der Waals surface area contributed by atoms with E-state index < -0.39 is 69.1 Å². The first kappa shape index (κ1) is 35.4. The number of alkyl halides is 2. The van der Waals surface area contributed by atoms with E-state index in [2.05, 4.69) is 4.98 Å². The molecule has 1 amide bonds. The van der Waals surface area contributed by atoms with Gasteiger partial charge < -0.3 is 18.6 Å². The lowest BCUT2D eigenvalue weighted by Crippen LogP contribution is -2.48. The third-order valence-corrected chi connectivity index (χ3v) is 13.4. The summed E-state index contributed by atoms with van der Waals surface area (Å²) in [7, 11) is -4.13. The molecular weight excluding hydrogens is 718 g/mol. The van der Waals surface area contributed by atoms with E-state index in [0.717, 1.165) is 46.9 Å². The molecule has 2 aliphatic heterocycles. The number of fused-ring (bicyclic) bond motifs is 3. The number of ether oxygens (including phenoxy) is 3. The topological polar surface area (TPSA) is 161 Å². The number of aromatic nitrogens is 3. The number of thiophene rings is 1. The number of nitrogens with one attached hydrogen (secondary N) is 1. The lowest BCUT2D eigenvalue weighted by molar-refractivity contribution is -0.122. The molecule has 2 saturated heterocycles. The maximum Gasteiger partial charge on any atom is 0.387 e. The Bertz CT molecular complexity index is 2200. The first-order chi connectivity index (χ1) is 24.2. The molecule has 18 heteroatoms. The molecule has 1 aromatic carbocycles. The number of hydrogen-bond donors (Lipinski definition) is 1. The van der Waals surface area contributed by atoms with E-state index in [4.69, 9.17) is 18.6 Å². The van der Waals surface area contributed by atoms with Crippen molar-refractivity contribution in [1.29, 1.82) is 0 Å². The minimum atomic E-state index is -4.13. The summed E-state index contributed by atoms with van der Waals surface area (Å²) in [5, 5.41) is 0.00983. The van der Waals surface area contributed by atoms with Gasteiger partial charge in [0.15, 0.2) is 0 Å². The second kappa shape index (κ2) is 13.2. The fourth-order valence-corrected chi connectivity index (χ4v) is 9.38. The van der Waals surface area contributed by atoms with Crippen molar-refractivity contribution < 1.29 is 45.0 Å². The largest absolute Gasteiger partial charge is 0.444 e. The molecule has 274 valence electrons. The molecule has 3 fully saturated rings. The third kappa shape index (κ3) is 6.62. The average molecular weight is 753 g/mol. The first-order valence-corrected chi connectivity index (χ1v) is 18.8. The third-order valence-electron chi connectivity index (χ3n) is 9.96. The van der Waals surface area contributed by atoms with Crippen LogP contribution in [-0.4, -0.2) is 58.1 Å². The quantitative estimate of drug-likeness (QED) is 0.210. The second-order valence-electron chi connectivity index (χ2n) is 13.5. The molecule has 0 radical (unpaired) electrons. The summed E-state index contributed by atoms with van der Waals surface area (Å²) < 4.78 is 93.4. The lowest BCUT2D eigenvalue weighted by Gasteiger charge is -2.32. The van der Waals surface area contributed by atoms with Crippen LogP contribution < -0.4 is 20.7 Å². The molecule has 4 aromatic rings. The Labute approximate surface area is 293 Å². The maximum atomic E-state index is 14.8. The van der Waals surface area contributed by atoms with Crippen LogP contribution in [0.3, 0.4) is 0 Å². The van der Waals surface area contributed by atoms with Crippen LogP contribution in [0.25, 0.3) is 21.0 Å². The van der Waals surface area contributed by atoms with Gasteiger partial charge in [-0.2, -0.15) is 8.78 Å². The van der Waals surface area contributed by atoms with Crippen LogP contribution in [0.4, 0.5) is 13.2 Å².